The third-order valence-corrected chi connectivity index (χ3v) is 5.24. The summed E-state index contributed by atoms with van der Waals surface area (Å²) in [5.74, 6) is 0.132. The number of rotatable bonds is 9. The monoisotopic (exact) mass is 360 g/mol. The molecule has 1 aromatic carbocycles. The van der Waals surface area contributed by atoms with Crippen molar-refractivity contribution in [2.24, 2.45) is 0 Å². The zero-order valence-corrected chi connectivity index (χ0v) is 17.0. The van der Waals surface area contributed by atoms with Crippen LogP contribution in [0.1, 0.15) is 32.3 Å². The molecule has 26 heavy (non-hydrogen) atoms. The van der Waals surface area contributed by atoms with Crippen LogP contribution in [0.25, 0.3) is 0 Å². The summed E-state index contributed by atoms with van der Waals surface area (Å²) in [4.78, 5) is 18.9. The Kier molecular flexibility index (Phi) is 8.39. The van der Waals surface area contributed by atoms with Crippen LogP contribution in [-0.4, -0.2) is 74.6 Å². The number of hydrogen-bond donors (Lipinski definition) is 1. The molecule has 0 atom stereocenters. The number of anilines is 1. The Morgan fingerprint density at radius 3 is 2.58 bits per heavy atom. The van der Waals surface area contributed by atoms with Gasteiger partial charge in [-0.15, -0.1) is 0 Å². The van der Waals surface area contributed by atoms with E-state index < -0.39 is 0 Å². The Morgan fingerprint density at radius 2 is 1.92 bits per heavy atom. The van der Waals surface area contributed by atoms with Gasteiger partial charge in [0.05, 0.1) is 6.54 Å². The van der Waals surface area contributed by atoms with Crippen LogP contribution in [0.15, 0.2) is 24.3 Å². The van der Waals surface area contributed by atoms with Gasteiger partial charge in [-0.2, -0.15) is 0 Å². The van der Waals surface area contributed by atoms with Crippen molar-refractivity contribution in [1.82, 2.24) is 15.1 Å². The molecule has 5 heteroatoms. The highest BCUT2D eigenvalue weighted by Crippen LogP contribution is 2.17. The molecule has 0 radical (unpaired) electrons. The number of nitrogens with one attached hydrogen (secondary N) is 1. The van der Waals surface area contributed by atoms with E-state index in [1.807, 2.05) is 7.05 Å². The highest BCUT2D eigenvalue weighted by molar-refractivity contribution is 5.77. The number of carbonyl (C=O) groups excluding carboxylic acids is 1. The standard InChI is InChI=1S/C21H36N4O/c1-18(2)23(4)17-21(26)22-10-5-6-11-24-12-14-25(15-13-24)20-9-7-8-19(3)16-20/h7-9,16,18H,5-6,10-15,17H2,1-4H3,(H,22,26). The first-order valence-corrected chi connectivity index (χ1v) is 9.96. The van der Waals surface area contributed by atoms with Crippen LogP contribution in [-0.2, 0) is 4.79 Å². The number of nitrogens with zero attached hydrogens (tertiary/aromatic N) is 3. The quantitative estimate of drug-likeness (QED) is 0.686. The summed E-state index contributed by atoms with van der Waals surface area (Å²) in [6, 6.07) is 9.18. The number of aryl methyl sites for hydroxylation is 1. The maximum atomic E-state index is 11.8. The Hall–Kier alpha value is -1.59. The minimum atomic E-state index is 0.132. The van der Waals surface area contributed by atoms with Crippen molar-refractivity contribution < 1.29 is 4.79 Å². The lowest BCUT2D eigenvalue weighted by Crippen LogP contribution is -2.46. The van der Waals surface area contributed by atoms with E-state index in [9.17, 15) is 4.79 Å². The molecule has 1 aliphatic rings. The van der Waals surface area contributed by atoms with Gasteiger partial charge in [0.25, 0.3) is 0 Å². The van der Waals surface area contributed by atoms with Crippen LogP contribution in [0.5, 0.6) is 0 Å². The number of piperazine rings is 1. The summed E-state index contributed by atoms with van der Waals surface area (Å²) in [7, 11) is 1.99. The number of carbonyl (C=O) groups is 1. The van der Waals surface area contributed by atoms with E-state index in [4.69, 9.17) is 0 Å². The molecule has 0 aromatic heterocycles. The van der Waals surface area contributed by atoms with Crippen molar-refractivity contribution in [2.75, 3.05) is 57.8 Å². The van der Waals surface area contributed by atoms with Gasteiger partial charge in [0.2, 0.25) is 5.91 Å². The Labute approximate surface area is 159 Å². The zero-order valence-electron chi connectivity index (χ0n) is 17.0. The molecule has 1 fully saturated rings. The Balaban J connectivity index is 1.56. The molecule has 1 saturated heterocycles. The van der Waals surface area contributed by atoms with E-state index in [1.165, 1.54) is 11.3 Å². The van der Waals surface area contributed by atoms with E-state index in [2.05, 4.69) is 65.1 Å². The third-order valence-electron chi connectivity index (χ3n) is 5.24. The second-order valence-corrected chi connectivity index (χ2v) is 7.73. The van der Waals surface area contributed by atoms with Crippen LogP contribution in [0, 0.1) is 6.92 Å². The van der Waals surface area contributed by atoms with Crippen molar-refractivity contribution in [3.63, 3.8) is 0 Å². The summed E-state index contributed by atoms with van der Waals surface area (Å²) in [6.07, 6.45) is 2.19. The SMILES string of the molecule is Cc1cccc(N2CCN(CCCCNC(=O)CN(C)C(C)C)CC2)c1. The molecule has 0 unspecified atom stereocenters. The van der Waals surface area contributed by atoms with E-state index in [0.717, 1.165) is 52.1 Å². The van der Waals surface area contributed by atoms with Crippen molar-refractivity contribution >= 4 is 11.6 Å². The number of amides is 1. The number of benzene rings is 1. The van der Waals surface area contributed by atoms with E-state index in [-0.39, 0.29) is 5.91 Å². The smallest absolute Gasteiger partial charge is 0.234 e. The topological polar surface area (TPSA) is 38.8 Å². The minimum absolute atomic E-state index is 0.132. The minimum Gasteiger partial charge on any atom is -0.369 e. The van der Waals surface area contributed by atoms with E-state index in [1.54, 1.807) is 0 Å². The molecule has 1 amide bonds. The molecule has 0 saturated carbocycles. The molecule has 2 rings (SSSR count). The Morgan fingerprint density at radius 1 is 1.19 bits per heavy atom. The van der Waals surface area contributed by atoms with Gasteiger partial charge in [-0.05, 0) is 64.9 Å². The molecule has 0 aliphatic carbocycles. The van der Waals surface area contributed by atoms with Crippen LogP contribution in [0.4, 0.5) is 5.69 Å². The predicted octanol–water partition coefficient (Wildman–Crippen LogP) is 2.35. The second kappa shape index (κ2) is 10.5. The van der Waals surface area contributed by atoms with Gasteiger partial charge < -0.3 is 10.2 Å². The molecule has 1 aromatic rings. The van der Waals surface area contributed by atoms with Gasteiger partial charge in [0.1, 0.15) is 0 Å². The molecule has 146 valence electrons. The van der Waals surface area contributed by atoms with Crippen molar-refractivity contribution in [3.8, 4) is 0 Å². The molecule has 5 nitrogen and oxygen atoms in total. The fraction of sp³-hybridized carbons (Fsp3) is 0.667. The first kappa shape index (κ1) is 20.7. The van der Waals surface area contributed by atoms with Gasteiger partial charge in [-0.1, -0.05) is 12.1 Å². The van der Waals surface area contributed by atoms with E-state index >= 15 is 0 Å². The molecule has 1 heterocycles. The summed E-state index contributed by atoms with van der Waals surface area (Å²) in [6.45, 7) is 13.2. The average molecular weight is 361 g/mol. The molecule has 0 spiro atoms. The maximum Gasteiger partial charge on any atom is 0.234 e. The number of hydrogen-bond acceptors (Lipinski definition) is 4. The highest BCUT2D eigenvalue weighted by atomic mass is 16.2. The van der Waals surface area contributed by atoms with E-state index in [0.29, 0.717) is 12.6 Å². The lowest BCUT2D eigenvalue weighted by molar-refractivity contribution is -0.122. The van der Waals surface area contributed by atoms with Crippen LogP contribution < -0.4 is 10.2 Å². The zero-order chi connectivity index (χ0) is 18.9. The summed E-state index contributed by atoms with van der Waals surface area (Å²) >= 11 is 0. The largest absolute Gasteiger partial charge is 0.369 e. The lowest BCUT2D eigenvalue weighted by atomic mass is 10.2. The highest BCUT2D eigenvalue weighted by Gasteiger charge is 2.16. The van der Waals surface area contributed by atoms with Crippen LogP contribution in [0.3, 0.4) is 0 Å². The summed E-state index contributed by atoms with van der Waals surface area (Å²) in [5.41, 5.74) is 2.67. The second-order valence-electron chi connectivity index (χ2n) is 7.73. The van der Waals surface area contributed by atoms with Gasteiger partial charge >= 0.3 is 0 Å². The van der Waals surface area contributed by atoms with Crippen LogP contribution in [0.2, 0.25) is 0 Å². The first-order valence-electron chi connectivity index (χ1n) is 9.96. The first-order chi connectivity index (χ1) is 12.5. The number of likely N-dealkylation sites (N-methyl/N-ethyl adjacent to an activating group) is 1. The Bertz CT molecular complexity index is 553. The molecule has 1 aliphatic heterocycles. The van der Waals surface area contributed by atoms with Crippen LogP contribution >= 0.6 is 0 Å². The van der Waals surface area contributed by atoms with Crippen molar-refractivity contribution in [3.05, 3.63) is 29.8 Å². The normalized spacial score (nSPS) is 15.7. The third kappa shape index (κ3) is 6.96. The fourth-order valence-electron chi connectivity index (χ4n) is 3.21. The van der Waals surface area contributed by atoms with Gasteiger partial charge in [0.15, 0.2) is 0 Å². The lowest BCUT2D eigenvalue weighted by Gasteiger charge is -2.36. The predicted molar refractivity (Wildman–Crippen MR) is 110 cm³/mol. The summed E-state index contributed by atoms with van der Waals surface area (Å²) < 4.78 is 0. The van der Waals surface area contributed by atoms with Gasteiger partial charge in [-0.3, -0.25) is 14.6 Å². The summed E-state index contributed by atoms with van der Waals surface area (Å²) in [5, 5.41) is 3.03. The van der Waals surface area contributed by atoms with Gasteiger partial charge in [0, 0.05) is 44.5 Å². The molecule has 0 bridgehead atoms. The van der Waals surface area contributed by atoms with Gasteiger partial charge in [-0.25, -0.2) is 0 Å². The van der Waals surface area contributed by atoms with Crippen molar-refractivity contribution in [2.45, 2.75) is 39.7 Å². The molecular formula is C21H36N4O. The average Bonchev–Trinajstić information content (AvgIpc) is 2.62. The molecular weight excluding hydrogens is 324 g/mol. The number of unbranched alkanes of at least 4 members (excludes halogenated alkanes) is 1. The molecule has 1 N–H and O–H groups in total. The fourth-order valence-corrected chi connectivity index (χ4v) is 3.21. The van der Waals surface area contributed by atoms with Crippen molar-refractivity contribution in [1.29, 1.82) is 0 Å². The maximum absolute atomic E-state index is 11.8.